The maximum atomic E-state index is 12.2. The van der Waals surface area contributed by atoms with Crippen molar-refractivity contribution in [3.63, 3.8) is 0 Å². The fourth-order valence-corrected chi connectivity index (χ4v) is 2.71. The molecule has 0 aliphatic heterocycles. The van der Waals surface area contributed by atoms with E-state index in [0.29, 0.717) is 47.4 Å². The number of carbonyl (C=O) groups is 2. The van der Waals surface area contributed by atoms with Crippen LogP contribution in [0.15, 0.2) is 42.5 Å². The number of Topliss-reactive ketones (excluding diaryl/α,β-unsaturated/α-hetero) is 1. The fraction of sp³-hybridized carbons (Fsp3) is 0.300. The fourth-order valence-electron chi connectivity index (χ4n) is 2.39. The van der Waals surface area contributed by atoms with Crippen molar-refractivity contribution in [3.05, 3.63) is 63.6 Å². The zero-order chi connectivity index (χ0) is 19.1. The van der Waals surface area contributed by atoms with Gasteiger partial charge in [-0.1, -0.05) is 29.3 Å². The lowest BCUT2D eigenvalue weighted by Crippen LogP contribution is -2.26. The Hall–Kier alpha value is -2.04. The lowest BCUT2D eigenvalue weighted by Gasteiger charge is -2.17. The Morgan fingerprint density at radius 1 is 1.04 bits per heavy atom. The predicted octanol–water partition coefficient (Wildman–Crippen LogP) is 5.01. The van der Waals surface area contributed by atoms with Gasteiger partial charge in [-0.05, 0) is 55.3 Å². The van der Waals surface area contributed by atoms with Crippen molar-refractivity contribution in [2.75, 3.05) is 13.7 Å². The molecule has 0 unspecified atom stereocenters. The number of rotatable bonds is 8. The normalized spacial score (nSPS) is 10.5. The smallest absolute Gasteiger partial charge is 0.222 e. The van der Waals surface area contributed by atoms with Crippen molar-refractivity contribution in [1.29, 1.82) is 0 Å². The summed E-state index contributed by atoms with van der Waals surface area (Å²) in [6.45, 7) is 2.44. The van der Waals surface area contributed by atoms with E-state index in [1.807, 2.05) is 6.07 Å². The van der Waals surface area contributed by atoms with Gasteiger partial charge < -0.3 is 9.64 Å². The minimum atomic E-state index is 0.0205. The van der Waals surface area contributed by atoms with Crippen molar-refractivity contribution in [2.24, 2.45) is 0 Å². The van der Waals surface area contributed by atoms with Gasteiger partial charge in [0.1, 0.15) is 5.75 Å². The molecule has 26 heavy (non-hydrogen) atoms. The van der Waals surface area contributed by atoms with Gasteiger partial charge in [-0.25, -0.2) is 0 Å². The van der Waals surface area contributed by atoms with Crippen LogP contribution in [0.5, 0.6) is 5.75 Å². The Labute approximate surface area is 163 Å². The second-order valence-corrected chi connectivity index (χ2v) is 6.85. The Morgan fingerprint density at radius 2 is 1.73 bits per heavy atom. The van der Waals surface area contributed by atoms with E-state index in [1.54, 1.807) is 48.3 Å². The molecular weight excluding hydrogens is 373 g/mol. The van der Waals surface area contributed by atoms with Crippen LogP contribution in [-0.4, -0.2) is 30.2 Å². The summed E-state index contributed by atoms with van der Waals surface area (Å²) >= 11 is 11.9. The van der Waals surface area contributed by atoms with Crippen LogP contribution in [-0.2, 0) is 11.3 Å². The summed E-state index contributed by atoms with van der Waals surface area (Å²) in [7, 11) is 1.76. The number of halogens is 2. The van der Waals surface area contributed by atoms with E-state index < -0.39 is 0 Å². The van der Waals surface area contributed by atoms with Crippen molar-refractivity contribution in [1.82, 2.24) is 4.90 Å². The Morgan fingerprint density at radius 3 is 2.35 bits per heavy atom. The second-order valence-electron chi connectivity index (χ2n) is 6.03. The maximum absolute atomic E-state index is 12.2. The average Bonchev–Trinajstić information content (AvgIpc) is 2.62. The molecule has 0 atom stereocenters. The van der Waals surface area contributed by atoms with Crippen molar-refractivity contribution < 1.29 is 14.3 Å². The molecule has 2 rings (SSSR count). The third kappa shape index (κ3) is 6.04. The van der Waals surface area contributed by atoms with Crippen LogP contribution in [0.2, 0.25) is 10.0 Å². The van der Waals surface area contributed by atoms with E-state index in [-0.39, 0.29) is 11.7 Å². The molecule has 0 aliphatic rings. The molecule has 4 nitrogen and oxygen atoms in total. The third-order valence-corrected chi connectivity index (χ3v) is 4.63. The highest BCUT2D eigenvalue weighted by Crippen LogP contribution is 2.23. The van der Waals surface area contributed by atoms with Gasteiger partial charge in [0.15, 0.2) is 5.78 Å². The topological polar surface area (TPSA) is 46.6 Å². The lowest BCUT2D eigenvalue weighted by molar-refractivity contribution is -0.130. The van der Waals surface area contributed by atoms with E-state index in [4.69, 9.17) is 27.9 Å². The number of hydrogen-bond acceptors (Lipinski definition) is 3. The van der Waals surface area contributed by atoms with Gasteiger partial charge in [-0.15, -0.1) is 0 Å². The molecule has 0 saturated carbocycles. The zero-order valence-electron chi connectivity index (χ0n) is 14.8. The quantitative estimate of drug-likeness (QED) is 0.467. The van der Waals surface area contributed by atoms with Crippen LogP contribution in [0, 0.1) is 0 Å². The van der Waals surface area contributed by atoms with Crippen molar-refractivity contribution in [2.45, 2.75) is 26.3 Å². The molecule has 0 radical (unpaired) electrons. The highest BCUT2D eigenvalue weighted by Gasteiger charge is 2.10. The number of nitrogens with zero attached hydrogens (tertiary/aromatic N) is 1. The molecule has 0 bridgehead atoms. The van der Waals surface area contributed by atoms with Gasteiger partial charge in [0, 0.05) is 25.6 Å². The van der Waals surface area contributed by atoms with Crippen LogP contribution in [0.1, 0.15) is 35.7 Å². The van der Waals surface area contributed by atoms with E-state index in [9.17, 15) is 9.59 Å². The first-order chi connectivity index (χ1) is 12.4. The summed E-state index contributed by atoms with van der Waals surface area (Å²) in [6, 6.07) is 12.3. The molecule has 1 amide bonds. The van der Waals surface area contributed by atoms with Gasteiger partial charge in [-0.3, -0.25) is 9.59 Å². The minimum absolute atomic E-state index is 0.0205. The van der Waals surface area contributed by atoms with E-state index >= 15 is 0 Å². The first-order valence-electron chi connectivity index (χ1n) is 8.28. The molecule has 0 aliphatic carbocycles. The predicted molar refractivity (Wildman–Crippen MR) is 104 cm³/mol. The summed E-state index contributed by atoms with van der Waals surface area (Å²) in [5, 5.41) is 0.979. The van der Waals surface area contributed by atoms with Gasteiger partial charge >= 0.3 is 0 Å². The summed E-state index contributed by atoms with van der Waals surface area (Å²) in [5.41, 5.74) is 1.58. The molecule has 0 aromatic heterocycles. The summed E-state index contributed by atoms with van der Waals surface area (Å²) < 4.78 is 5.60. The highest BCUT2D eigenvalue weighted by molar-refractivity contribution is 6.42. The average molecular weight is 394 g/mol. The molecule has 0 N–H and O–H groups in total. The van der Waals surface area contributed by atoms with E-state index in [1.165, 1.54) is 6.92 Å². The van der Waals surface area contributed by atoms with Crippen LogP contribution < -0.4 is 4.74 Å². The number of ether oxygens (including phenoxy) is 1. The van der Waals surface area contributed by atoms with Crippen molar-refractivity contribution >= 4 is 34.9 Å². The number of hydrogen-bond donors (Lipinski definition) is 0. The van der Waals surface area contributed by atoms with Gasteiger partial charge in [0.2, 0.25) is 5.91 Å². The monoisotopic (exact) mass is 393 g/mol. The summed E-state index contributed by atoms with van der Waals surface area (Å²) in [5.74, 6) is 0.741. The number of benzene rings is 2. The molecule has 0 saturated heterocycles. The Kier molecular flexibility index (Phi) is 7.49. The lowest BCUT2D eigenvalue weighted by atomic mass is 10.1. The minimum Gasteiger partial charge on any atom is -0.494 e. The first-order valence-corrected chi connectivity index (χ1v) is 9.04. The standard InChI is InChI=1S/C20H21Cl2NO3/c1-14(24)16-6-8-17(9-7-16)26-11-3-4-20(25)23(2)13-15-5-10-18(21)19(22)12-15/h5-10,12H,3-4,11,13H2,1-2H3. The molecule has 0 heterocycles. The Balaban J connectivity index is 1.73. The van der Waals surface area contributed by atoms with Gasteiger partial charge in [-0.2, -0.15) is 0 Å². The van der Waals surface area contributed by atoms with Crippen LogP contribution >= 0.6 is 23.2 Å². The largest absolute Gasteiger partial charge is 0.494 e. The number of ketones is 1. The van der Waals surface area contributed by atoms with Crippen LogP contribution in [0.25, 0.3) is 0 Å². The van der Waals surface area contributed by atoms with Crippen LogP contribution in [0.4, 0.5) is 0 Å². The van der Waals surface area contributed by atoms with Crippen molar-refractivity contribution in [3.8, 4) is 5.75 Å². The molecule has 0 fully saturated rings. The second kappa shape index (κ2) is 9.60. The molecular formula is C20H21Cl2NO3. The van der Waals surface area contributed by atoms with E-state index in [2.05, 4.69) is 0 Å². The highest BCUT2D eigenvalue weighted by atomic mass is 35.5. The summed E-state index contributed by atoms with van der Waals surface area (Å²) in [6.07, 6.45) is 1.00. The van der Waals surface area contributed by atoms with Crippen LogP contribution in [0.3, 0.4) is 0 Å². The molecule has 138 valence electrons. The molecule has 2 aromatic carbocycles. The Bertz CT molecular complexity index is 775. The SMILES string of the molecule is CC(=O)c1ccc(OCCCC(=O)N(C)Cc2ccc(Cl)c(Cl)c2)cc1. The molecule has 6 heteroatoms. The third-order valence-electron chi connectivity index (χ3n) is 3.89. The van der Waals surface area contributed by atoms with E-state index in [0.717, 1.165) is 5.56 Å². The maximum Gasteiger partial charge on any atom is 0.222 e. The molecule has 2 aromatic rings. The van der Waals surface area contributed by atoms with Gasteiger partial charge in [0.05, 0.1) is 16.7 Å². The molecule has 0 spiro atoms. The van der Waals surface area contributed by atoms with Gasteiger partial charge in [0.25, 0.3) is 0 Å². The number of carbonyl (C=O) groups excluding carboxylic acids is 2. The first kappa shape index (κ1) is 20.3. The number of amides is 1. The zero-order valence-corrected chi connectivity index (χ0v) is 16.3. The summed E-state index contributed by atoms with van der Waals surface area (Å²) in [4.78, 5) is 25.1.